The van der Waals surface area contributed by atoms with Gasteiger partial charge in [-0.3, -0.25) is 4.40 Å². The first kappa shape index (κ1) is 16.3. The summed E-state index contributed by atoms with van der Waals surface area (Å²) in [5.74, 6) is 1.10. The maximum Gasteiger partial charge on any atom is 0.195 e. The van der Waals surface area contributed by atoms with E-state index in [0.29, 0.717) is 6.04 Å². The van der Waals surface area contributed by atoms with Crippen LogP contribution in [0.2, 0.25) is 0 Å². The number of hydrogen-bond acceptors (Lipinski definition) is 4. The van der Waals surface area contributed by atoms with Gasteiger partial charge in [0.2, 0.25) is 0 Å². The Hall–Kier alpha value is -1.07. The number of fused-ring (bicyclic) bond motifs is 1. The van der Waals surface area contributed by atoms with Crippen molar-refractivity contribution in [3.8, 4) is 0 Å². The van der Waals surface area contributed by atoms with Crippen LogP contribution < -0.4 is 10.2 Å². The first-order chi connectivity index (χ1) is 9.86. The third-order valence-electron chi connectivity index (χ3n) is 4.23. The molecule has 0 amide bonds. The summed E-state index contributed by atoms with van der Waals surface area (Å²) < 4.78 is 2.22. The molecule has 0 aliphatic rings. The second kappa shape index (κ2) is 6.36. The minimum atomic E-state index is 0.222. The van der Waals surface area contributed by atoms with Crippen LogP contribution in [0, 0.1) is 5.41 Å². The van der Waals surface area contributed by atoms with Crippen molar-refractivity contribution in [3.63, 3.8) is 0 Å². The Labute approximate surface area is 132 Å². The van der Waals surface area contributed by atoms with E-state index >= 15 is 0 Å². The lowest BCUT2D eigenvalue weighted by Crippen LogP contribution is -2.40. The number of anilines is 1. The lowest BCUT2D eigenvalue weighted by molar-refractivity contribution is 0.328. The number of aromatic nitrogens is 2. The Kier molecular flexibility index (Phi) is 4.94. The van der Waals surface area contributed by atoms with Crippen molar-refractivity contribution in [2.24, 2.45) is 5.41 Å². The van der Waals surface area contributed by atoms with E-state index in [1.54, 1.807) is 11.3 Å². The summed E-state index contributed by atoms with van der Waals surface area (Å²) in [6.45, 7) is 13.2. The summed E-state index contributed by atoms with van der Waals surface area (Å²) in [5.41, 5.74) is 1.48. The van der Waals surface area contributed by atoms with E-state index < -0.39 is 0 Å². The zero-order valence-electron chi connectivity index (χ0n) is 14.1. The van der Waals surface area contributed by atoms with Gasteiger partial charge in [-0.25, -0.2) is 4.98 Å². The molecular formula is C16H28N4S. The van der Waals surface area contributed by atoms with E-state index in [0.717, 1.165) is 30.3 Å². The number of nitrogens with one attached hydrogen (secondary N) is 1. The third kappa shape index (κ3) is 3.40. The SMILES string of the molecule is CCCNCc1c(N(C)C(C)C(C)(C)C)nc2sccn12. The average Bonchev–Trinajstić information content (AvgIpc) is 2.98. The van der Waals surface area contributed by atoms with Crippen LogP contribution >= 0.6 is 11.3 Å². The molecule has 21 heavy (non-hydrogen) atoms. The molecule has 1 atom stereocenters. The van der Waals surface area contributed by atoms with Crippen LogP contribution in [0.5, 0.6) is 0 Å². The monoisotopic (exact) mass is 308 g/mol. The minimum absolute atomic E-state index is 0.222. The molecule has 0 bridgehead atoms. The maximum absolute atomic E-state index is 4.85. The van der Waals surface area contributed by atoms with Gasteiger partial charge in [-0.2, -0.15) is 0 Å². The fourth-order valence-electron chi connectivity index (χ4n) is 2.42. The highest BCUT2D eigenvalue weighted by atomic mass is 32.1. The van der Waals surface area contributed by atoms with Crippen LogP contribution in [0.15, 0.2) is 11.6 Å². The molecule has 5 heteroatoms. The van der Waals surface area contributed by atoms with Crippen LogP contribution in [0.4, 0.5) is 5.82 Å². The second-order valence-electron chi connectivity index (χ2n) is 6.77. The molecule has 118 valence electrons. The standard InChI is InChI=1S/C16H28N4S/c1-7-8-17-11-13-14(18-15-20(13)9-10-21-15)19(6)12(2)16(3,4)5/h9-10,12,17H,7-8,11H2,1-6H3. The molecule has 1 N–H and O–H groups in total. The molecule has 2 aromatic rings. The molecule has 2 aromatic heterocycles. The Morgan fingerprint density at radius 3 is 2.76 bits per heavy atom. The highest BCUT2D eigenvalue weighted by Gasteiger charge is 2.27. The molecule has 2 heterocycles. The van der Waals surface area contributed by atoms with Gasteiger partial charge in [0.1, 0.15) is 0 Å². The summed E-state index contributed by atoms with van der Waals surface area (Å²) in [5, 5.41) is 5.61. The van der Waals surface area contributed by atoms with Gasteiger partial charge in [-0.1, -0.05) is 27.7 Å². The molecule has 0 spiro atoms. The minimum Gasteiger partial charge on any atom is -0.355 e. The zero-order chi connectivity index (χ0) is 15.6. The smallest absolute Gasteiger partial charge is 0.195 e. The summed E-state index contributed by atoms with van der Waals surface area (Å²) in [6, 6.07) is 0.423. The quantitative estimate of drug-likeness (QED) is 0.825. The van der Waals surface area contributed by atoms with E-state index in [-0.39, 0.29) is 5.41 Å². The van der Waals surface area contributed by atoms with Crippen LogP contribution in [0.25, 0.3) is 4.96 Å². The van der Waals surface area contributed by atoms with Crippen LogP contribution in [0.3, 0.4) is 0 Å². The summed E-state index contributed by atoms with van der Waals surface area (Å²) >= 11 is 1.70. The molecule has 0 aliphatic carbocycles. The van der Waals surface area contributed by atoms with Gasteiger partial charge in [-0.15, -0.1) is 11.3 Å². The highest BCUT2D eigenvalue weighted by molar-refractivity contribution is 7.15. The summed E-state index contributed by atoms with van der Waals surface area (Å²) in [4.78, 5) is 8.25. The number of imidazole rings is 1. The molecule has 0 aliphatic heterocycles. The molecule has 0 saturated carbocycles. The normalized spacial score (nSPS) is 13.8. The van der Waals surface area contributed by atoms with Crippen LogP contribution in [0.1, 0.15) is 46.7 Å². The summed E-state index contributed by atoms with van der Waals surface area (Å²) in [7, 11) is 2.16. The van der Waals surface area contributed by atoms with Crippen molar-refractivity contribution in [1.82, 2.24) is 14.7 Å². The van der Waals surface area contributed by atoms with Gasteiger partial charge < -0.3 is 10.2 Å². The van der Waals surface area contributed by atoms with Gasteiger partial charge in [-0.05, 0) is 25.3 Å². The number of rotatable bonds is 6. The van der Waals surface area contributed by atoms with Crippen LogP contribution in [-0.2, 0) is 6.54 Å². The topological polar surface area (TPSA) is 32.6 Å². The van der Waals surface area contributed by atoms with Crippen molar-refractivity contribution in [3.05, 3.63) is 17.3 Å². The molecular weight excluding hydrogens is 280 g/mol. The number of thiazole rings is 1. The van der Waals surface area contributed by atoms with Gasteiger partial charge in [0.05, 0.1) is 5.69 Å². The van der Waals surface area contributed by atoms with Gasteiger partial charge >= 0.3 is 0 Å². The molecule has 4 nitrogen and oxygen atoms in total. The van der Waals surface area contributed by atoms with Crippen molar-refractivity contribution >= 4 is 22.1 Å². The van der Waals surface area contributed by atoms with Gasteiger partial charge in [0.25, 0.3) is 0 Å². The van der Waals surface area contributed by atoms with Gasteiger partial charge in [0.15, 0.2) is 10.8 Å². The lowest BCUT2D eigenvalue weighted by atomic mass is 9.87. The van der Waals surface area contributed by atoms with Crippen LogP contribution in [-0.4, -0.2) is 29.0 Å². The predicted octanol–water partition coefficient (Wildman–Crippen LogP) is 3.77. The zero-order valence-corrected chi connectivity index (χ0v) is 14.9. The van der Waals surface area contributed by atoms with E-state index in [2.05, 4.69) is 67.9 Å². The first-order valence-corrected chi connectivity index (χ1v) is 8.62. The maximum atomic E-state index is 4.85. The van der Waals surface area contributed by atoms with Crippen molar-refractivity contribution < 1.29 is 0 Å². The average molecular weight is 308 g/mol. The Balaban J connectivity index is 2.33. The second-order valence-corrected chi connectivity index (χ2v) is 7.64. The molecule has 0 saturated heterocycles. The molecule has 1 unspecified atom stereocenters. The molecule has 0 aromatic carbocycles. The van der Waals surface area contributed by atoms with E-state index in [4.69, 9.17) is 4.98 Å². The number of hydrogen-bond donors (Lipinski definition) is 1. The van der Waals surface area contributed by atoms with E-state index in [1.807, 2.05) is 0 Å². The fourth-order valence-corrected chi connectivity index (χ4v) is 3.14. The third-order valence-corrected chi connectivity index (χ3v) is 4.98. The van der Waals surface area contributed by atoms with Crippen molar-refractivity contribution in [1.29, 1.82) is 0 Å². The summed E-state index contributed by atoms with van der Waals surface area (Å²) in [6.07, 6.45) is 3.27. The molecule has 0 fully saturated rings. The lowest BCUT2D eigenvalue weighted by Gasteiger charge is -2.36. The van der Waals surface area contributed by atoms with Crippen molar-refractivity contribution in [2.75, 3.05) is 18.5 Å². The molecule has 2 rings (SSSR count). The first-order valence-electron chi connectivity index (χ1n) is 7.74. The highest BCUT2D eigenvalue weighted by Crippen LogP contribution is 2.30. The fraction of sp³-hybridized carbons (Fsp3) is 0.688. The van der Waals surface area contributed by atoms with E-state index in [9.17, 15) is 0 Å². The number of nitrogens with zero attached hydrogens (tertiary/aromatic N) is 3. The largest absolute Gasteiger partial charge is 0.355 e. The van der Waals surface area contributed by atoms with E-state index in [1.165, 1.54) is 5.69 Å². The van der Waals surface area contributed by atoms with Gasteiger partial charge in [0, 0.05) is 31.2 Å². The Bertz CT molecular complexity index is 579. The van der Waals surface area contributed by atoms with Crippen molar-refractivity contribution in [2.45, 2.75) is 53.6 Å². The molecule has 0 radical (unpaired) electrons. The Morgan fingerprint density at radius 2 is 2.14 bits per heavy atom. The Morgan fingerprint density at radius 1 is 1.43 bits per heavy atom. The predicted molar refractivity (Wildman–Crippen MR) is 92.4 cm³/mol.